The van der Waals surface area contributed by atoms with Gasteiger partial charge in [-0.15, -0.1) is 0 Å². The Morgan fingerprint density at radius 3 is 2.57 bits per heavy atom. The normalized spacial score (nSPS) is 12.3. The van der Waals surface area contributed by atoms with Crippen molar-refractivity contribution in [3.8, 4) is 5.75 Å². The number of carbonyl (C=O) groups excluding carboxylic acids is 1. The van der Waals surface area contributed by atoms with Gasteiger partial charge in [-0.05, 0) is 24.3 Å². The van der Waals surface area contributed by atoms with E-state index in [0.29, 0.717) is 17.0 Å². The van der Waals surface area contributed by atoms with Crippen LogP contribution in [0.1, 0.15) is 10.4 Å². The molecule has 23 heavy (non-hydrogen) atoms. The number of pyridine rings is 1. The molecule has 1 aromatic carbocycles. The Kier molecular flexibility index (Phi) is 5.93. The zero-order chi connectivity index (χ0) is 16.9. The minimum atomic E-state index is -1.78. The molecule has 0 bridgehead atoms. The minimum absolute atomic E-state index is 0.355. The lowest BCUT2D eigenvalue weighted by atomic mass is 10.2. The van der Waals surface area contributed by atoms with Crippen LogP contribution < -0.4 is 15.4 Å². The number of rotatable bonds is 5. The van der Waals surface area contributed by atoms with Crippen molar-refractivity contribution in [2.75, 3.05) is 12.4 Å². The third kappa shape index (κ3) is 4.89. The number of carbonyl (C=O) groups is 1. The van der Waals surface area contributed by atoms with Gasteiger partial charge in [0, 0.05) is 12.4 Å². The Labute approximate surface area is 148 Å². The molecule has 0 aliphatic rings. The monoisotopic (exact) mass is 373 g/mol. The maximum Gasteiger partial charge on any atom is 0.254 e. The molecule has 122 valence electrons. The number of methoxy groups -OCH3 is 1. The van der Waals surface area contributed by atoms with E-state index in [0.717, 1.165) is 0 Å². The second kappa shape index (κ2) is 7.73. The van der Waals surface area contributed by atoms with Gasteiger partial charge in [-0.25, -0.2) is 0 Å². The Bertz CT molecular complexity index is 663. The first-order valence-corrected chi connectivity index (χ1v) is 7.72. The Hall–Kier alpha value is -1.69. The molecule has 0 saturated carbocycles. The van der Waals surface area contributed by atoms with E-state index in [2.05, 4.69) is 15.6 Å². The number of halogens is 3. The Morgan fingerprint density at radius 2 is 1.96 bits per heavy atom. The van der Waals surface area contributed by atoms with Crippen LogP contribution >= 0.6 is 34.8 Å². The molecule has 8 heteroatoms. The van der Waals surface area contributed by atoms with Crippen LogP contribution in [0, 0.1) is 0 Å². The smallest absolute Gasteiger partial charge is 0.254 e. The first-order chi connectivity index (χ1) is 10.9. The molecule has 1 aromatic heterocycles. The summed E-state index contributed by atoms with van der Waals surface area (Å²) < 4.78 is 3.45. The van der Waals surface area contributed by atoms with Crippen LogP contribution in [0.15, 0.2) is 48.8 Å². The number of amides is 1. The van der Waals surface area contributed by atoms with Gasteiger partial charge in [0.25, 0.3) is 5.91 Å². The van der Waals surface area contributed by atoms with Gasteiger partial charge in [0.15, 0.2) is 0 Å². The molecule has 0 fully saturated rings. The van der Waals surface area contributed by atoms with Gasteiger partial charge in [-0.1, -0.05) is 46.9 Å². The number of nitrogens with zero attached hydrogens (tertiary/aromatic N) is 1. The van der Waals surface area contributed by atoms with Crippen LogP contribution in [0.3, 0.4) is 0 Å². The number of alkyl halides is 3. The van der Waals surface area contributed by atoms with E-state index in [-0.39, 0.29) is 0 Å². The fourth-order valence-electron chi connectivity index (χ4n) is 1.83. The quantitative estimate of drug-likeness (QED) is 0.620. The largest absolute Gasteiger partial charge is 0.495 e. The molecule has 0 saturated heterocycles. The van der Waals surface area contributed by atoms with Gasteiger partial charge >= 0.3 is 0 Å². The highest BCUT2D eigenvalue weighted by atomic mass is 35.6. The van der Waals surface area contributed by atoms with Crippen LogP contribution in [0.5, 0.6) is 5.75 Å². The van der Waals surface area contributed by atoms with E-state index < -0.39 is 15.9 Å². The van der Waals surface area contributed by atoms with Gasteiger partial charge in [0.05, 0.1) is 18.4 Å². The Morgan fingerprint density at radius 1 is 1.22 bits per heavy atom. The van der Waals surface area contributed by atoms with Crippen molar-refractivity contribution >= 4 is 46.4 Å². The SMILES string of the molecule is COc1ccccc1N[C@H](NC(=O)c1cccnc1)C(Cl)(Cl)Cl. The molecule has 2 rings (SSSR count). The third-order valence-electron chi connectivity index (χ3n) is 2.93. The van der Waals surface area contributed by atoms with Gasteiger partial charge in [-0.3, -0.25) is 9.78 Å². The number of para-hydroxylation sites is 2. The van der Waals surface area contributed by atoms with Gasteiger partial charge in [0.2, 0.25) is 3.79 Å². The van der Waals surface area contributed by atoms with Crippen LogP contribution in [0.4, 0.5) is 5.69 Å². The van der Waals surface area contributed by atoms with Crippen molar-refractivity contribution in [3.63, 3.8) is 0 Å². The highest BCUT2D eigenvalue weighted by molar-refractivity contribution is 6.68. The molecule has 2 N–H and O–H groups in total. The van der Waals surface area contributed by atoms with E-state index in [1.165, 1.54) is 13.3 Å². The summed E-state index contributed by atoms with van der Waals surface area (Å²) in [6, 6.07) is 10.4. The van der Waals surface area contributed by atoms with Crippen LogP contribution in [0.25, 0.3) is 0 Å². The average molecular weight is 375 g/mol. The maximum atomic E-state index is 12.2. The molecule has 2 aromatic rings. The summed E-state index contributed by atoms with van der Waals surface area (Å²) in [7, 11) is 1.53. The molecule has 1 heterocycles. The third-order valence-corrected chi connectivity index (χ3v) is 3.59. The molecule has 0 unspecified atom stereocenters. The summed E-state index contributed by atoms with van der Waals surface area (Å²) >= 11 is 17.9. The van der Waals surface area contributed by atoms with Crippen molar-refractivity contribution in [2.45, 2.75) is 9.96 Å². The molecule has 0 radical (unpaired) electrons. The second-order valence-electron chi connectivity index (χ2n) is 4.53. The second-order valence-corrected chi connectivity index (χ2v) is 6.90. The summed E-state index contributed by atoms with van der Waals surface area (Å²) in [6.07, 6.45) is 2.01. The highest BCUT2D eigenvalue weighted by Gasteiger charge is 2.34. The summed E-state index contributed by atoms with van der Waals surface area (Å²) in [6.45, 7) is 0. The van der Waals surface area contributed by atoms with Crippen molar-refractivity contribution < 1.29 is 9.53 Å². The van der Waals surface area contributed by atoms with E-state index in [1.807, 2.05) is 6.07 Å². The number of anilines is 1. The standard InChI is InChI=1S/C15H14Cl3N3O2/c1-23-12-7-3-2-6-11(12)20-14(15(16,17)18)21-13(22)10-5-4-8-19-9-10/h2-9,14,20H,1H3,(H,21,22)/t14-/m1/s1. The van der Waals surface area contributed by atoms with Crippen molar-refractivity contribution in [1.29, 1.82) is 0 Å². The first-order valence-electron chi connectivity index (χ1n) is 6.59. The predicted molar refractivity (Wildman–Crippen MR) is 92.4 cm³/mol. The van der Waals surface area contributed by atoms with Gasteiger partial charge in [-0.2, -0.15) is 0 Å². The summed E-state index contributed by atoms with van der Waals surface area (Å²) in [5.41, 5.74) is 0.936. The molecule has 5 nitrogen and oxygen atoms in total. The maximum absolute atomic E-state index is 12.2. The fraction of sp³-hybridized carbons (Fsp3) is 0.200. The number of ether oxygens (including phenoxy) is 1. The molecule has 0 aliphatic heterocycles. The van der Waals surface area contributed by atoms with Crippen molar-refractivity contribution in [2.24, 2.45) is 0 Å². The molecule has 0 spiro atoms. The lowest BCUT2D eigenvalue weighted by Gasteiger charge is -2.28. The topological polar surface area (TPSA) is 63.2 Å². The van der Waals surface area contributed by atoms with Crippen LogP contribution in [-0.4, -0.2) is 28.0 Å². The molecule has 1 atom stereocenters. The van der Waals surface area contributed by atoms with Crippen LogP contribution in [0.2, 0.25) is 0 Å². The van der Waals surface area contributed by atoms with Gasteiger partial charge < -0.3 is 15.4 Å². The van der Waals surface area contributed by atoms with E-state index in [4.69, 9.17) is 39.5 Å². The average Bonchev–Trinajstić information content (AvgIpc) is 2.54. The summed E-state index contributed by atoms with van der Waals surface area (Å²) in [4.78, 5) is 16.1. The van der Waals surface area contributed by atoms with E-state index in [1.54, 1.807) is 36.5 Å². The molecular formula is C15H14Cl3N3O2. The number of aromatic nitrogens is 1. The minimum Gasteiger partial charge on any atom is -0.495 e. The van der Waals surface area contributed by atoms with Crippen LogP contribution in [-0.2, 0) is 0 Å². The number of hydrogen-bond donors (Lipinski definition) is 2. The van der Waals surface area contributed by atoms with E-state index in [9.17, 15) is 4.79 Å². The lowest BCUT2D eigenvalue weighted by Crippen LogP contribution is -2.49. The van der Waals surface area contributed by atoms with Crippen molar-refractivity contribution in [3.05, 3.63) is 54.4 Å². The predicted octanol–water partition coefficient (Wildman–Crippen LogP) is 3.63. The highest BCUT2D eigenvalue weighted by Crippen LogP contribution is 2.33. The zero-order valence-corrected chi connectivity index (χ0v) is 14.4. The lowest BCUT2D eigenvalue weighted by molar-refractivity contribution is 0.0941. The molecular weight excluding hydrogens is 361 g/mol. The number of hydrogen-bond acceptors (Lipinski definition) is 4. The van der Waals surface area contributed by atoms with Crippen molar-refractivity contribution in [1.82, 2.24) is 10.3 Å². The number of benzene rings is 1. The summed E-state index contributed by atoms with van der Waals surface area (Å²) in [5.74, 6) is 0.138. The summed E-state index contributed by atoms with van der Waals surface area (Å²) in [5, 5.41) is 5.60. The fourth-order valence-corrected chi connectivity index (χ4v) is 2.16. The van der Waals surface area contributed by atoms with E-state index >= 15 is 0 Å². The van der Waals surface area contributed by atoms with Gasteiger partial charge in [0.1, 0.15) is 11.9 Å². The molecule has 1 amide bonds. The Balaban J connectivity index is 2.20. The number of nitrogens with one attached hydrogen (secondary N) is 2. The molecule has 0 aliphatic carbocycles. The first kappa shape index (κ1) is 17.7. The zero-order valence-electron chi connectivity index (χ0n) is 12.1.